The first-order chi connectivity index (χ1) is 18.3. The van der Waals surface area contributed by atoms with Crippen LogP contribution in [0.4, 0.5) is 0 Å². The summed E-state index contributed by atoms with van der Waals surface area (Å²) in [5, 5.41) is 53.2. The van der Waals surface area contributed by atoms with Crippen molar-refractivity contribution in [2.45, 2.75) is 153 Å². The summed E-state index contributed by atoms with van der Waals surface area (Å²) in [5.74, 6) is -0.189. The monoisotopic (exact) mass is 545 g/mol. The molecule has 1 amide bonds. The van der Waals surface area contributed by atoms with Crippen molar-refractivity contribution in [3.63, 3.8) is 0 Å². The van der Waals surface area contributed by atoms with Crippen LogP contribution in [0.2, 0.25) is 0 Å². The van der Waals surface area contributed by atoms with Crippen molar-refractivity contribution >= 4 is 5.91 Å². The van der Waals surface area contributed by atoms with Gasteiger partial charge in [-0.1, -0.05) is 96.6 Å². The van der Waals surface area contributed by atoms with Gasteiger partial charge in [0.05, 0.1) is 25.4 Å². The smallest absolute Gasteiger partial charge is 0.220 e. The molecule has 1 heterocycles. The molecule has 1 saturated heterocycles. The van der Waals surface area contributed by atoms with Gasteiger partial charge in [0.15, 0.2) is 6.29 Å². The molecule has 1 aliphatic rings. The van der Waals surface area contributed by atoms with Crippen LogP contribution in [0.5, 0.6) is 0 Å². The Morgan fingerprint density at radius 1 is 0.868 bits per heavy atom. The molecule has 0 saturated carbocycles. The molecule has 0 bridgehead atoms. The van der Waals surface area contributed by atoms with Crippen molar-refractivity contribution in [2.75, 3.05) is 13.2 Å². The number of hydrogen-bond acceptors (Lipinski definition) is 8. The Bertz CT molecular complexity index is 617. The van der Waals surface area contributed by atoms with Crippen LogP contribution in [0, 0.1) is 0 Å². The Morgan fingerprint density at radius 2 is 1.45 bits per heavy atom. The molecule has 1 rings (SSSR count). The van der Waals surface area contributed by atoms with Crippen molar-refractivity contribution in [3.8, 4) is 0 Å². The molecule has 0 aliphatic carbocycles. The number of aliphatic hydroxyl groups is 5. The van der Waals surface area contributed by atoms with Gasteiger partial charge in [0.25, 0.3) is 0 Å². The Balaban J connectivity index is 2.60. The fourth-order valence-electron chi connectivity index (χ4n) is 4.56. The topological polar surface area (TPSA) is 149 Å². The SMILES string of the molecule is CCCCCCC/C=C/C(O)C(COC1OC(CO)C(O)C(O)C1O)NC(=O)CCCCCCCCCC. The van der Waals surface area contributed by atoms with Crippen LogP contribution in [0.15, 0.2) is 12.2 Å². The normalized spacial score (nSPS) is 25.5. The first kappa shape index (κ1) is 35.0. The fraction of sp³-hybridized carbons (Fsp3) is 0.897. The van der Waals surface area contributed by atoms with Gasteiger partial charge in [-0.05, 0) is 19.3 Å². The highest BCUT2D eigenvalue weighted by Gasteiger charge is 2.44. The molecule has 0 radical (unpaired) electrons. The number of aliphatic hydroxyl groups excluding tert-OH is 5. The number of carbonyl (C=O) groups is 1. The first-order valence-corrected chi connectivity index (χ1v) is 14.9. The number of rotatable bonds is 22. The molecule has 7 unspecified atom stereocenters. The summed E-state index contributed by atoms with van der Waals surface area (Å²) in [6.07, 6.45) is 11.5. The number of nitrogens with one attached hydrogen (secondary N) is 1. The van der Waals surface area contributed by atoms with E-state index in [9.17, 15) is 30.3 Å². The van der Waals surface area contributed by atoms with Gasteiger partial charge in [-0.25, -0.2) is 0 Å². The van der Waals surface area contributed by atoms with Crippen LogP contribution < -0.4 is 5.32 Å². The predicted octanol–water partition coefficient (Wildman–Crippen LogP) is 3.10. The standard InChI is InChI=1S/C29H55NO8/c1-3-5-7-9-11-13-15-17-19-25(33)30-22(23(32)18-16-14-12-10-8-6-4-2)21-37-29-28(36)27(35)26(34)24(20-31)38-29/h16,18,22-24,26-29,31-32,34-36H,3-15,17,19-21H2,1-2H3,(H,30,33)/b18-16+. The number of amides is 1. The maximum Gasteiger partial charge on any atom is 0.220 e. The van der Waals surface area contributed by atoms with Crippen LogP contribution in [-0.4, -0.2) is 87.5 Å². The Labute approximate surface area is 229 Å². The Morgan fingerprint density at radius 3 is 2.05 bits per heavy atom. The molecule has 0 aromatic heterocycles. The number of unbranched alkanes of at least 4 members (excludes halogenated alkanes) is 12. The number of ether oxygens (including phenoxy) is 2. The van der Waals surface area contributed by atoms with Gasteiger partial charge in [0.2, 0.25) is 5.91 Å². The highest BCUT2D eigenvalue weighted by atomic mass is 16.7. The molecule has 0 spiro atoms. The Hall–Kier alpha value is -1.07. The van der Waals surface area contributed by atoms with Gasteiger partial charge in [-0.3, -0.25) is 4.79 Å². The number of hydrogen-bond donors (Lipinski definition) is 6. The molecule has 0 aromatic carbocycles. The average Bonchev–Trinajstić information content (AvgIpc) is 2.91. The van der Waals surface area contributed by atoms with E-state index in [4.69, 9.17) is 9.47 Å². The van der Waals surface area contributed by atoms with Crippen LogP contribution in [-0.2, 0) is 14.3 Å². The molecule has 38 heavy (non-hydrogen) atoms. The lowest BCUT2D eigenvalue weighted by Gasteiger charge is -2.40. The van der Waals surface area contributed by atoms with Gasteiger partial charge < -0.3 is 40.3 Å². The average molecular weight is 546 g/mol. The van der Waals surface area contributed by atoms with Crippen molar-refractivity contribution in [1.29, 1.82) is 0 Å². The van der Waals surface area contributed by atoms with Crippen LogP contribution in [0.3, 0.4) is 0 Å². The molecule has 224 valence electrons. The highest BCUT2D eigenvalue weighted by Crippen LogP contribution is 2.22. The molecule has 1 aliphatic heterocycles. The third-order valence-corrected chi connectivity index (χ3v) is 7.11. The minimum absolute atomic E-state index is 0.187. The summed E-state index contributed by atoms with van der Waals surface area (Å²) in [6.45, 7) is 3.62. The zero-order chi connectivity index (χ0) is 28.2. The first-order valence-electron chi connectivity index (χ1n) is 14.9. The lowest BCUT2D eigenvalue weighted by Crippen LogP contribution is -2.60. The molecule has 1 fully saturated rings. The van der Waals surface area contributed by atoms with Crippen molar-refractivity contribution in [2.24, 2.45) is 0 Å². The maximum atomic E-state index is 12.6. The fourth-order valence-corrected chi connectivity index (χ4v) is 4.56. The van der Waals surface area contributed by atoms with E-state index in [2.05, 4.69) is 19.2 Å². The van der Waals surface area contributed by atoms with E-state index in [0.717, 1.165) is 38.5 Å². The molecule has 6 N–H and O–H groups in total. The van der Waals surface area contributed by atoms with Crippen LogP contribution in [0.25, 0.3) is 0 Å². The molecule has 7 atom stereocenters. The van der Waals surface area contributed by atoms with Crippen molar-refractivity contribution < 1.29 is 39.8 Å². The maximum absolute atomic E-state index is 12.6. The quantitative estimate of drug-likeness (QED) is 0.0898. The van der Waals surface area contributed by atoms with Crippen LogP contribution in [0.1, 0.15) is 110 Å². The van der Waals surface area contributed by atoms with E-state index >= 15 is 0 Å². The van der Waals surface area contributed by atoms with E-state index in [1.807, 2.05) is 6.08 Å². The summed E-state index contributed by atoms with van der Waals surface area (Å²) in [5.41, 5.74) is 0. The number of allylic oxidation sites excluding steroid dienone is 1. The molecule has 9 heteroatoms. The lowest BCUT2D eigenvalue weighted by molar-refractivity contribution is -0.302. The highest BCUT2D eigenvalue weighted by molar-refractivity contribution is 5.76. The summed E-state index contributed by atoms with van der Waals surface area (Å²) < 4.78 is 11.0. The van der Waals surface area contributed by atoms with E-state index in [1.54, 1.807) is 6.08 Å². The summed E-state index contributed by atoms with van der Waals surface area (Å²) in [6, 6.07) is -0.791. The largest absolute Gasteiger partial charge is 0.394 e. The predicted molar refractivity (Wildman–Crippen MR) is 147 cm³/mol. The van der Waals surface area contributed by atoms with Gasteiger partial charge >= 0.3 is 0 Å². The molecule has 9 nitrogen and oxygen atoms in total. The minimum atomic E-state index is -1.56. The molecular weight excluding hydrogens is 490 g/mol. The van der Waals surface area contributed by atoms with Gasteiger partial charge in [-0.15, -0.1) is 0 Å². The van der Waals surface area contributed by atoms with Gasteiger partial charge in [0.1, 0.15) is 24.4 Å². The van der Waals surface area contributed by atoms with Gasteiger partial charge in [0, 0.05) is 6.42 Å². The third kappa shape index (κ3) is 14.4. The second-order valence-electron chi connectivity index (χ2n) is 10.6. The number of carbonyl (C=O) groups excluding carboxylic acids is 1. The lowest BCUT2D eigenvalue weighted by atomic mass is 9.99. The van der Waals surface area contributed by atoms with Crippen molar-refractivity contribution in [3.05, 3.63) is 12.2 Å². The minimum Gasteiger partial charge on any atom is -0.394 e. The van der Waals surface area contributed by atoms with E-state index in [1.165, 1.54) is 51.4 Å². The van der Waals surface area contributed by atoms with Crippen LogP contribution >= 0.6 is 0 Å². The summed E-state index contributed by atoms with van der Waals surface area (Å²) >= 11 is 0. The molecular formula is C29H55NO8. The van der Waals surface area contributed by atoms with E-state index in [-0.39, 0.29) is 12.5 Å². The second kappa shape index (κ2) is 21.7. The van der Waals surface area contributed by atoms with E-state index in [0.29, 0.717) is 6.42 Å². The Kier molecular flexibility index (Phi) is 20.0. The van der Waals surface area contributed by atoms with Crippen molar-refractivity contribution in [1.82, 2.24) is 5.32 Å². The van der Waals surface area contributed by atoms with Gasteiger partial charge in [-0.2, -0.15) is 0 Å². The molecule has 0 aromatic rings. The summed E-state index contributed by atoms with van der Waals surface area (Å²) in [7, 11) is 0. The summed E-state index contributed by atoms with van der Waals surface area (Å²) in [4.78, 5) is 12.6. The zero-order valence-corrected chi connectivity index (χ0v) is 23.7. The van der Waals surface area contributed by atoms with E-state index < -0.39 is 49.5 Å². The second-order valence-corrected chi connectivity index (χ2v) is 10.6. The zero-order valence-electron chi connectivity index (χ0n) is 23.7. The third-order valence-electron chi connectivity index (χ3n) is 7.11.